The van der Waals surface area contributed by atoms with E-state index in [0.717, 1.165) is 6.26 Å². The zero-order chi connectivity index (χ0) is 14.8. The summed E-state index contributed by atoms with van der Waals surface area (Å²) in [5, 5.41) is 3.99. The molecule has 1 rings (SSSR count). The van der Waals surface area contributed by atoms with Crippen LogP contribution in [0.1, 0.15) is 37.0 Å². The van der Waals surface area contributed by atoms with Gasteiger partial charge < -0.3 is 4.74 Å². The quantitative estimate of drug-likeness (QED) is 0.603. The Morgan fingerprint density at radius 3 is 2.47 bits per heavy atom. The molecule has 0 saturated heterocycles. The van der Waals surface area contributed by atoms with Gasteiger partial charge in [-0.1, -0.05) is 0 Å². The summed E-state index contributed by atoms with van der Waals surface area (Å²) in [6.45, 7) is 5.06. The third-order valence-electron chi connectivity index (χ3n) is 1.96. The highest BCUT2D eigenvalue weighted by atomic mass is 32.2. The van der Waals surface area contributed by atoms with Crippen LogP contribution in [0.5, 0.6) is 0 Å². The van der Waals surface area contributed by atoms with Crippen molar-refractivity contribution in [1.29, 1.82) is 0 Å². The van der Waals surface area contributed by atoms with Crippen molar-refractivity contribution in [2.24, 2.45) is 7.05 Å². The van der Waals surface area contributed by atoms with Crippen molar-refractivity contribution in [3.8, 4) is 0 Å². The first kappa shape index (κ1) is 15.6. The van der Waals surface area contributed by atoms with Gasteiger partial charge in [-0.2, -0.15) is 13.5 Å². The molecule has 7 nitrogen and oxygen atoms in total. The fourth-order valence-electron chi connectivity index (χ4n) is 1.29. The largest absolute Gasteiger partial charge is 0.455 e. The SMILES string of the molecule is Cn1nc(COS(C)(=O)=O)cc1C(=O)OC(C)(C)C. The number of rotatable bonds is 4. The van der Waals surface area contributed by atoms with Gasteiger partial charge in [-0.05, 0) is 26.8 Å². The Kier molecular flexibility index (Phi) is 4.36. The molecule has 0 saturated carbocycles. The van der Waals surface area contributed by atoms with Gasteiger partial charge in [0.15, 0.2) is 0 Å². The van der Waals surface area contributed by atoms with Crippen LogP contribution in [0.4, 0.5) is 0 Å². The number of nitrogens with zero attached hydrogens (tertiary/aromatic N) is 2. The molecule has 0 amide bonds. The molecule has 108 valence electrons. The lowest BCUT2D eigenvalue weighted by Gasteiger charge is -2.19. The number of hydrogen-bond acceptors (Lipinski definition) is 6. The average molecular weight is 290 g/mol. The van der Waals surface area contributed by atoms with E-state index in [-0.39, 0.29) is 12.3 Å². The lowest BCUT2D eigenvalue weighted by molar-refractivity contribution is 0.00575. The number of ether oxygens (including phenoxy) is 1. The van der Waals surface area contributed by atoms with Crippen LogP contribution in [0.3, 0.4) is 0 Å². The zero-order valence-electron chi connectivity index (χ0n) is 11.6. The van der Waals surface area contributed by atoms with E-state index < -0.39 is 21.7 Å². The van der Waals surface area contributed by atoms with Crippen LogP contribution in [-0.2, 0) is 32.7 Å². The molecule has 0 N–H and O–H groups in total. The number of carbonyl (C=O) groups excluding carboxylic acids is 1. The molecule has 1 aromatic heterocycles. The van der Waals surface area contributed by atoms with E-state index in [1.807, 2.05) is 0 Å². The van der Waals surface area contributed by atoms with E-state index in [0.29, 0.717) is 5.69 Å². The molecule has 0 bridgehead atoms. The summed E-state index contributed by atoms with van der Waals surface area (Å²) in [5.74, 6) is -0.520. The summed E-state index contributed by atoms with van der Waals surface area (Å²) < 4.78 is 32.9. The highest BCUT2D eigenvalue weighted by molar-refractivity contribution is 7.85. The van der Waals surface area contributed by atoms with Gasteiger partial charge in [0.1, 0.15) is 17.9 Å². The molecule has 0 aliphatic carbocycles. The van der Waals surface area contributed by atoms with Crippen molar-refractivity contribution in [3.05, 3.63) is 17.5 Å². The van der Waals surface area contributed by atoms with Gasteiger partial charge >= 0.3 is 5.97 Å². The van der Waals surface area contributed by atoms with Gasteiger partial charge in [0, 0.05) is 7.05 Å². The molecule has 0 aromatic carbocycles. The molecular weight excluding hydrogens is 272 g/mol. The summed E-state index contributed by atoms with van der Waals surface area (Å²) in [4.78, 5) is 11.9. The first-order chi connectivity index (χ1) is 8.48. The number of aryl methyl sites for hydroxylation is 1. The smallest absolute Gasteiger partial charge is 0.357 e. The maximum atomic E-state index is 11.9. The Morgan fingerprint density at radius 2 is 2.00 bits per heavy atom. The highest BCUT2D eigenvalue weighted by Crippen LogP contribution is 2.13. The Morgan fingerprint density at radius 1 is 1.42 bits per heavy atom. The van der Waals surface area contributed by atoms with Crippen LogP contribution in [0.2, 0.25) is 0 Å². The summed E-state index contributed by atoms with van der Waals surface area (Å²) >= 11 is 0. The molecule has 0 radical (unpaired) electrons. The Balaban J connectivity index is 2.82. The topological polar surface area (TPSA) is 87.5 Å². The van der Waals surface area contributed by atoms with E-state index in [4.69, 9.17) is 4.74 Å². The average Bonchev–Trinajstić information content (AvgIpc) is 2.53. The second kappa shape index (κ2) is 5.30. The summed E-state index contributed by atoms with van der Waals surface area (Å²) in [5.41, 5.74) is -0.0269. The second-order valence-corrected chi connectivity index (χ2v) is 6.76. The molecule has 0 fully saturated rings. The Hall–Kier alpha value is -1.41. The van der Waals surface area contributed by atoms with Crippen LogP contribution >= 0.6 is 0 Å². The lowest BCUT2D eigenvalue weighted by Crippen LogP contribution is -2.25. The molecule has 0 unspecified atom stereocenters. The van der Waals surface area contributed by atoms with Crippen molar-refractivity contribution in [2.75, 3.05) is 6.26 Å². The van der Waals surface area contributed by atoms with Crippen LogP contribution in [0.25, 0.3) is 0 Å². The molecule has 1 heterocycles. The maximum Gasteiger partial charge on any atom is 0.357 e. The van der Waals surface area contributed by atoms with Gasteiger partial charge in [0.2, 0.25) is 0 Å². The van der Waals surface area contributed by atoms with Crippen LogP contribution in [-0.4, -0.2) is 36.0 Å². The first-order valence-electron chi connectivity index (χ1n) is 5.58. The van der Waals surface area contributed by atoms with Crippen LogP contribution < -0.4 is 0 Å². The Labute approximate surface area is 112 Å². The first-order valence-corrected chi connectivity index (χ1v) is 7.40. The van der Waals surface area contributed by atoms with Gasteiger partial charge in [0.25, 0.3) is 10.1 Å². The predicted molar refractivity (Wildman–Crippen MR) is 68.0 cm³/mol. The van der Waals surface area contributed by atoms with Gasteiger partial charge in [-0.3, -0.25) is 8.86 Å². The lowest BCUT2D eigenvalue weighted by atomic mass is 10.2. The fraction of sp³-hybridized carbons (Fsp3) is 0.636. The van der Waals surface area contributed by atoms with E-state index in [1.54, 1.807) is 27.8 Å². The minimum absolute atomic E-state index is 0.213. The summed E-state index contributed by atoms with van der Waals surface area (Å²) in [7, 11) is -1.97. The number of hydrogen-bond donors (Lipinski definition) is 0. The minimum Gasteiger partial charge on any atom is -0.455 e. The van der Waals surface area contributed by atoms with Crippen molar-refractivity contribution >= 4 is 16.1 Å². The van der Waals surface area contributed by atoms with Crippen LogP contribution in [0, 0.1) is 0 Å². The third-order valence-corrected chi connectivity index (χ3v) is 2.51. The van der Waals surface area contributed by atoms with Crippen molar-refractivity contribution in [1.82, 2.24) is 9.78 Å². The van der Waals surface area contributed by atoms with Crippen molar-refractivity contribution in [2.45, 2.75) is 33.0 Å². The normalized spacial score (nSPS) is 12.5. The molecule has 0 atom stereocenters. The number of esters is 1. The monoisotopic (exact) mass is 290 g/mol. The Bertz CT molecular complexity index is 568. The second-order valence-electron chi connectivity index (χ2n) is 5.11. The molecule has 0 aliphatic heterocycles. The fourth-order valence-corrected chi connectivity index (χ4v) is 1.62. The zero-order valence-corrected chi connectivity index (χ0v) is 12.4. The molecular formula is C11H18N2O5S. The molecule has 8 heteroatoms. The van der Waals surface area contributed by atoms with Crippen molar-refractivity contribution < 1.29 is 22.1 Å². The van der Waals surface area contributed by atoms with E-state index >= 15 is 0 Å². The van der Waals surface area contributed by atoms with Crippen LogP contribution in [0.15, 0.2) is 6.07 Å². The minimum atomic E-state index is -3.54. The number of carbonyl (C=O) groups is 1. The summed E-state index contributed by atoms with van der Waals surface area (Å²) in [6, 6.07) is 1.44. The molecule has 0 aliphatic rings. The van der Waals surface area contributed by atoms with Gasteiger partial charge in [-0.25, -0.2) is 4.79 Å². The van der Waals surface area contributed by atoms with E-state index in [9.17, 15) is 13.2 Å². The summed E-state index contributed by atoms with van der Waals surface area (Å²) in [6.07, 6.45) is 0.949. The number of aromatic nitrogens is 2. The van der Waals surface area contributed by atoms with Crippen molar-refractivity contribution in [3.63, 3.8) is 0 Å². The van der Waals surface area contributed by atoms with E-state index in [1.165, 1.54) is 10.7 Å². The molecule has 19 heavy (non-hydrogen) atoms. The maximum absolute atomic E-state index is 11.9. The third kappa shape index (κ3) is 5.39. The van der Waals surface area contributed by atoms with E-state index in [2.05, 4.69) is 9.28 Å². The molecule has 0 spiro atoms. The van der Waals surface area contributed by atoms with Gasteiger partial charge in [0.05, 0.1) is 11.9 Å². The standard InChI is InChI=1S/C11H18N2O5S/c1-11(2,3)18-10(14)9-6-8(12-13(9)4)7-17-19(5,15)16/h6H,7H2,1-5H3. The predicted octanol–water partition coefficient (Wildman–Crippen LogP) is 0.852. The molecule has 1 aromatic rings. The highest BCUT2D eigenvalue weighted by Gasteiger charge is 2.21. The van der Waals surface area contributed by atoms with Gasteiger partial charge in [-0.15, -0.1) is 0 Å².